The van der Waals surface area contributed by atoms with Crippen LogP contribution < -0.4 is 10.1 Å². The Bertz CT molecular complexity index is 1240. The molecular formula is C25H19ClF8N2O2. The van der Waals surface area contributed by atoms with E-state index in [1.165, 1.54) is 18.3 Å². The maximum absolute atomic E-state index is 14.7. The van der Waals surface area contributed by atoms with Crippen molar-refractivity contribution >= 4 is 17.4 Å². The zero-order chi connectivity index (χ0) is 28.1. The first kappa shape index (κ1) is 29.3. The summed E-state index contributed by atoms with van der Waals surface area (Å²) in [4.78, 5) is 16.3. The number of benzene rings is 2. The molecule has 0 fully saturated rings. The van der Waals surface area contributed by atoms with Crippen LogP contribution in [0.5, 0.6) is 5.75 Å². The second-order valence-corrected chi connectivity index (χ2v) is 8.69. The number of nitrogens with one attached hydrogen (secondary N) is 1. The number of hydrogen-bond donors (Lipinski definition) is 1. The maximum atomic E-state index is 14.7. The van der Waals surface area contributed by atoms with Gasteiger partial charge in [0.25, 0.3) is 0 Å². The van der Waals surface area contributed by atoms with Crippen LogP contribution in [0, 0.1) is 5.82 Å². The Labute approximate surface area is 216 Å². The van der Waals surface area contributed by atoms with Crippen molar-refractivity contribution in [2.45, 2.75) is 37.1 Å². The fraction of sp³-hybridized carbons (Fsp3) is 0.280. The normalized spacial score (nSPS) is 13.8. The lowest BCUT2D eigenvalue weighted by molar-refractivity contribution is -0.253. The van der Waals surface area contributed by atoms with Gasteiger partial charge in [0.2, 0.25) is 0 Å². The van der Waals surface area contributed by atoms with Gasteiger partial charge in [-0.15, -0.1) is 0 Å². The first-order chi connectivity index (χ1) is 17.7. The van der Waals surface area contributed by atoms with E-state index < -0.39 is 54.6 Å². The van der Waals surface area contributed by atoms with Crippen molar-refractivity contribution in [3.63, 3.8) is 0 Å². The summed E-state index contributed by atoms with van der Waals surface area (Å²) >= 11 is 5.92. The maximum Gasteiger partial charge on any atom is 0.461 e. The third-order valence-electron chi connectivity index (χ3n) is 5.33. The fourth-order valence-electron chi connectivity index (χ4n) is 3.73. The minimum Gasteiger partial charge on any atom is -0.428 e. The molecule has 0 radical (unpaired) electrons. The number of carbonyl (C=O) groups excluding carboxylic acids is 1. The van der Waals surface area contributed by atoms with Crippen molar-refractivity contribution in [3.8, 4) is 5.75 Å². The SMILES string of the molecule is O=C(CN[C@@](Cc1ccccc1)(c1cc(F)cc(OC(F)(F)C(F)F)c1)c1ccc(Cl)cn1)CC(F)(F)F. The standard InChI is InChI=1S/C25H19ClF8N2O2/c26-17-6-7-21(35-13-17)23(11-15-4-2-1-3-5-15,36-14-19(37)12-24(30,31)32)16-8-18(27)10-20(9-16)38-25(33,34)22(28)29/h1-10,13,22,36H,11-12,14H2/t23-/m0/s1. The molecule has 204 valence electrons. The number of aromatic nitrogens is 1. The first-order valence-electron chi connectivity index (χ1n) is 10.9. The number of Topliss-reactive ketones (excluding diaryl/α,β-unsaturated/α-hetero) is 1. The minimum atomic E-state index is -4.97. The number of pyridine rings is 1. The molecule has 0 saturated carbocycles. The predicted molar refractivity (Wildman–Crippen MR) is 122 cm³/mol. The van der Waals surface area contributed by atoms with Crippen LogP contribution in [-0.2, 0) is 16.8 Å². The monoisotopic (exact) mass is 566 g/mol. The molecule has 0 aliphatic heterocycles. The van der Waals surface area contributed by atoms with Crippen molar-refractivity contribution in [1.82, 2.24) is 10.3 Å². The molecule has 2 aromatic carbocycles. The summed E-state index contributed by atoms with van der Waals surface area (Å²) in [5.74, 6) is -3.45. The molecule has 1 aromatic heterocycles. The van der Waals surface area contributed by atoms with Crippen LogP contribution >= 0.6 is 11.6 Å². The topological polar surface area (TPSA) is 51.2 Å². The van der Waals surface area contributed by atoms with Gasteiger partial charge in [-0.05, 0) is 35.4 Å². The van der Waals surface area contributed by atoms with Gasteiger partial charge in [-0.1, -0.05) is 41.9 Å². The first-order valence-corrected chi connectivity index (χ1v) is 11.2. The highest BCUT2D eigenvalue weighted by atomic mass is 35.5. The number of nitrogens with zero attached hydrogens (tertiary/aromatic N) is 1. The highest BCUT2D eigenvalue weighted by molar-refractivity contribution is 6.30. The zero-order valence-electron chi connectivity index (χ0n) is 19.2. The van der Waals surface area contributed by atoms with E-state index in [2.05, 4.69) is 15.0 Å². The van der Waals surface area contributed by atoms with Crippen molar-refractivity contribution in [2.75, 3.05) is 6.54 Å². The molecule has 3 aromatic rings. The van der Waals surface area contributed by atoms with Gasteiger partial charge in [0.05, 0.1) is 22.8 Å². The number of hydrogen-bond acceptors (Lipinski definition) is 4. The summed E-state index contributed by atoms with van der Waals surface area (Å²) in [6, 6.07) is 13.0. The Morgan fingerprint density at radius 1 is 1.00 bits per heavy atom. The van der Waals surface area contributed by atoms with E-state index in [9.17, 15) is 39.9 Å². The van der Waals surface area contributed by atoms with E-state index in [1.54, 1.807) is 30.3 Å². The summed E-state index contributed by atoms with van der Waals surface area (Å²) in [7, 11) is 0. The Balaban J connectivity index is 2.20. The second kappa shape index (κ2) is 11.6. The van der Waals surface area contributed by atoms with Gasteiger partial charge in [-0.3, -0.25) is 15.1 Å². The number of rotatable bonds is 11. The van der Waals surface area contributed by atoms with E-state index in [0.717, 1.165) is 12.1 Å². The molecule has 13 heteroatoms. The average Bonchev–Trinajstić information content (AvgIpc) is 2.81. The summed E-state index contributed by atoms with van der Waals surface area (Å²) in [6.45, 7) is -0.892. The summed E-state index contributed by atoms with van der Waals surface area (Å²) in [5, 5.41) is 2.85. The Hall–Kier alpha value is -3.25. The molecule has 0 unspecified atom stereocenters. The van der Waals surface area contributed by atoms with Crippen molar-refractivity contribution in [1.29, 1.82) is 0 Å². The van der Waals surface area contributed by atoms with Crippen molar-refractivity contribution in [3.05, 3.63) is 94.5 Å². The molecule has 0 saturated heterocycles. The van der Waals surface area contributed by atoms with Crippen LogP contribution in [0.25, 0.3) is 0 Å². The fourth-order valence-corrected chi connectivity index (χ4v) is 3.84. The number of ether oxygens (including phenoxy) is 1. The molecule has 38 heavy (non-hydrogen) atoms. The average molecular weight is 567 g/mol. The van der Waals surface area contributed by atoms with Gasteiger partial charge in [0.1, 0.15) is 18.0 Å². The third-order valence-corrected chi connectivity index (χ3v) is 5.56. The highest BCUT2D eigenvalue weighted by Crippen LogP contribution is 2.37. The quantitative estimate of drug-likeness (QED) is 0.262. The van der Waals surface area contributed by atoms with Gasteiger partial charge in [-0.25, -0.2) is 4.39 Å². The predicted octanol–water partition coefficient (Wildman–Crippen LogP) is 6.71. The molecule has 0 spiro atoms. The zero-order valence-corrected chi connectivity index (χ0v) is 20.0. The van der Waals surface area contributed by atoms with Crippen LogP contribution in [0.4, 0.5) is 35.1 Å². The van der Waals surface area contributed by atoms with Crippen LogP contribution in [0.3, 0.4) is 0 Å². The molecule has 0 aliphatic carbocycles. The van der Waals surface area contributed by atoms with Crippen LogP contribution in [0.15, 0.2) is 66.9 Å². The second-order valence-electron chi connectivity index (χ2n) is 8.25. The molecule has 0 amide bonds. The molecule has 4 nitrogen and oxygen atoms in total. The summed E-state index contributed by atoms with van der Waals surface area (Å²) in [6.07, 6.45) is -14.8. The van der Waals surface area contributed by atoms with Gasteiger partial charge in [0.15, 0.2) is 5.78 Å². The number of alkyl halides is 7. The molecule has 3 rings (SSSR count). The minimum absolute atomic E-state index is 0.0164. The van der Waals surface area contributed by atoms with E-state index in [1.807, 2.05) is 0 Å². The lowest BCUT2D eigenvalue weighted by atomic mass is 9.80. The van der Waals surface area contributed by atoms with Crippen molar-refractivity contribution < 1.29 is 44.7 Å². The van der Waals surface area contributed by atoms with Crippen LogP contribution in [-0.4, -0.2) is 36.0 Å². The van der Waals surface area contributed by atoms with Gasteiger partial charge in [-0.2, -0.15) is 30.7 Å². The molecule has 0 bridgehead atoms. The summed E-state index contributed by atoms with van der Waals surface area (Å²) < 4.78 is 110. The van der Waals surface area contributed by atoms with E-state index in [-0.39, 0.29) is 22.7 Å². The van der Waals surface area contributed by atoms with E-state index >= 15 is 0 Å². The molecule has 0 aliphatic rings. The Morgan fingerprint density at radius 3 is 2.26 bits per heavy atom. The lowest BCUT2D eigenvalue weighted by Gasteiger charge is -2.36. The third kappa shape index (κ3) is 7.64. The van der Waals surface area contributed by atoms with Gasteiger partial charge in [0, 0.05) is 18.7 Å². The summed E-state index contributed by atoms with van der Waals surface area (Å²) in [5.41, 5.74) is -1.53. The van der Waals surface area contributed by atoms with E-state index in [4.69, 9.17) is 11.6 Å². The van der Waals surface area contributed by atoms with Crippen molar-refractivity contribution in [2.24, 2.45) is 0 Å². The Morgan fingerprint density at radius 2 is 1.68 bits per heavy atom. The molecule has 1 N–H and O–H groups in total. The van der Waals surface area contributed by atoms with Gasteiger partial charge >= 0.3 is 18.7 Å². The van der Waals surface area contributed by atoms with Crippen LogP contribution in [0.2, 0.25) is 5.02 Å². The van der Waals surface area contributed by atoms with Crippen LogP contribution in [0.1, 0.15) is 23.2 Å². The lowest BCUT2D eigenvalue weighted by Crippen LogP contribution is -2.48. The van der Waals surface area contributed by atoms with E-state index in [0.29, 0.717) is 11.6 Å². The molecular weight excluding hydrogens is 548 g/mol. The Kier molecular flexibility index (Phi) is 8.98. The van der Waals surface area contributed by atoms with Gasteiger partial charge < -0.3 is 4.74 Å². The number of ketones is 1. The number of halogens is 9. The molecule has 1 heterocycles. The number of carbonyl (C=O) groups is 1. The smallest absolute Gasteiger partial charge is 0.428 e. The largest absolute Gasteiger partial charge is 0.461 e. The molecule has 1 atom stereocenters. The highest BCUT2D eigenvalue weighted by Gasteiger charge is 2.45.